The summed E-state index contributed by atoms with van der Waals surface area (Å²) in [6.07, 6.45) is 4.61. The molecule has 0 N–H and O–H groups in total. The first-order valence-corrected chi connectivity index (χ1v) is 9.50. The van der Waals surface area contributed by atoms with Crippen LogP contribution in [0.4, 0.5) is 5.69 Å². The van der Waals surface area contributed by atoms with Gasteiger partial charge in [-0.05, 0) is 61.7 Å². The van der Waals surface area contributed by atoms with Crippen LogP contribution in [0.1, 0.15) is 23.1 Å². The molecule has 0 aromatic heterocycles. The Kier molecular flexibility index (Phi) is 6.17. The largest absolute Gasteiger partial charge is 0.497 e. The fourth-order valence-corrected chi connectivity index (χ4v) is 3.47. The van der Waals surface area contributed by atoms with E-state index in [-0.39, 0.29) is 5.91 Å². The van der Waals surface area contributed by atoms with E-state index < -0.39 is 0 Å². The van der Waals surface area contributed by atoms with Gasteiger partial charge >= 0.3 is 0 Å². The number of benzene rings is 2. The highest BCUT2D eigenvalue weighted by Gasteiger charge is 2.18. The van der Waals surface area contributed by atoms with Crippen LogP contribution >= 0.6 is 0 Å². The predicted molar refractivity (Wildman–Crippen MR) is 111 cm³/mol. The lowest BCUT2D eigenvalue weighted by atomic mass is 10.1. The number of rotatable bonds is 4. The normalized spacial score (nSPS) is 15.1. The lowest BCUT2D eigenvalue weighted by molar-refractivity contribution is -0.125. The van der Waals surface area contributed by atoms with Gasteiger partial charge in [0.15, 0.2) is 0 Å². The molecule has 0 spiro atoms. The zero-order valence-corrected chi connectivity index (χ0v) is 16.4. The Labute approximate surface area is 162 Å². The monoisotopic (exact) mass is 364 g/mol. The van der Waals surface area contributed by atoms with Crippen molar-refractivity contribution >= 4 is 17.7 Å². The standard InChI is InChI=1S/C23H28N2O2/c1-18-5-6-20(19(2)17-18)7-12-23(26)25-14-4-13-24(15-16-25)21-8-10-22(27-3)11-9-21/h5-12,17H,4,13-16H2,1-3H3/b12-7+. The van der Waals surface area contributed by atoms with Crippen molar-refractivity contribution in [1.29, 1.82) is 0 Å². The lowest BCUT2D eigenvalue weighted by Crippen LogP contribution is -2.34. The van der Waals surface area contributed by atoms with Crippen molar-refractivity contribution in [1.82, 2.24) is 4.90 Å². The maximum Gasteiger partial charge on any atom is 0.246 e. The van der Waals surface area contributed by atoms with Gasteiger partial charge < -0.3 is 14.5 Å². The summed E-state index contributed by atoms with van der Waals surface area (Å²) in [6.45, 7) is 7.49. The highest BCUT2D eigenvalue weighted by Crippen LogP contribution is 2.21. The van der Waals surface area contributed by atoms with Crippen molar-refractivity contribution in [2.45, 2.75) is 20.3 Å². The van der Waals surface area contributed by atoms with Crippen LogP contribution in [0, 0.1) is 13.8 Å². The molecule has 4 nitrogen and oxygen atoms in total. The zero-order chi connectivity index (χ0) is 19.2. The molecule has 0 radical (unpaired) electrons. The molecule has 1 aliphatic rings. The van der Waals surface area contributed by atoms with Crippen molar-refractivity contribution in [3.63, 3.8) is 0 Å². The van der Waals surface area contributed by atoms with Crippen LogP contribution in [-0.2, 0) is 4.79 Å². The van der Waals surface area contributed by atoms with Crippen molar-refractivity contribution in [3.8, 4) is 5.75 Å². The number of nitrogens with zero attached hydrogens (tertiary/aromatic N) is 2. The van der Waals surface area contributed by atoms with E-state index in [1.54, 1.807) is 13.2 Å². The number of anilines is 1. The van der Waals surface area contributed by atoms with Crippen LogP contribution in [0.25, 0.3) is 6.08 Å². The number of ether oxygens (including phenoxy) is 1. The van der Waals surface area contributed by atoms with Gasteiger partial charge in [0, 0.05) is 37.9 Å². The van der Waals surface area contributed by atoms with E-state index in [0.717, 1.165) is 43.9 Å². The molecule has 1 saturated heterocycles. The average molecular weight is 364 g/mol. The number of carbonyl (C=O) groups excluding carboxylic acids is 1. The molecular formula is C23H28N2O2. The second-order valence-electron chi connectivity index (χ2n) is 7.06. The molecule has 1 fully saturated rings. The predicted octanol–water partition coefficient (Wildman–Crippen LogP) is 4.06. The highest BCUT2D eigenvalue weighted by molar-refractivity contribution is 5.92. The zero-order valence-electron chi connectivity index (χ0n) is 16.4. The maximum absolute atomic E-state index is 12.6. The van der Waals surface area contributed by atoms with E-state index in [1.165, 1.54) is 16.8 Å². The van der Waals surface area contributed by atoms with Gasteiger partial charge in [0.1, 0.15) is 5.75 Å². The summed E-state index contributed by atoms with van der Waals surface area (Å²) in [5.74, 6) is 0.952. The number of carbonyl (C=O) groups is 1. The number of hydrogen-bond donors (Lipinski definition) is 0. The van der Waals surface area contributed by atoms with Gasteiger partial charge in [0.05, 0.1) is 7.11 Å². The van der Waals surface area contributed by atoms with Crippen molar-refractivity contribution in [3.05, 3.63) is 65.2 Å². The van der Waals surface area contributed by atoms with Gasteiger partial charge in [-0.3, -0.25) is 4.79 Å². The lowest BCUT2D eigenvalue weighted by Gasteiger charge is -2.23. The van der Waals surface area contributed by atoms with E-state index in [1.807, 2.05) is 23.1 Å². The van der Waals surface area contributed by atoms with Crippen LogP contribution in [0.2, 0.25) is 0 Å². The van der Waals surface area contributed by atoms with E-state index in [4.69, 9.17) is 4.74 Å². The Balaban J connectivity index is 1.61. The van der Waals surface area contributed by atoms with Crippen LogP contribution in [0.5, 0.6) is 5.75 Å². The molecule has 1 aliphatic heterocycles. The van der Waals surface area contributed by atoms with Crippen LogP contribution in [0.3, 0.4) is 0 Å². The molecular weight excluding hydrogens is 336 g/mol. The summed E-state index contributed by atoms with van der Waals surface area (Å²) in [5, 5.41) is 0. The fourth-order valence-electron chi connectivity index (χ4n) is 3.47. The molecule has 2 aromatic carbocycles. The van der Waals surface area contributed by atoms with Gasteiger partial charge in [0.25, 0.3) is 0 Å². The SMILES string of the molecule is COc1ccc(N2CCCN(C(=O)/C=C/c3ccc(C)cc3C)CC2)cc1. The summed E-state index contributed by atoms with van der Waals surface area (Å²) in [7, 11) is 1.68. The molecule has 0 unspecified atom stereocenters. The molecule has 2 aromatic rings. The molecule has 1 amide bonds. The minimum atomic E-state index is 0.0894. The first-order valence-electron chi connectivity index (χ1n) is 9.50. The van der Waals surface area contributed by atoms with Gasteiger partial charge in [-0.15, -0.1) is 0 Å². The summed E-state index contributed by atoms with van der Waals surface area (Å²) in [4.78, 5) is 16.9. The second-order valence-corrected chi connectivity index (χ2v) is 7.06. The first kappa shape index (κ1) is 19.0. The molecule has 1 heterocycles. The Hall–Kier alpha value is -2.75. The number of methoxy groups -OCH3 is 1. The van der Waals surface area contributed by atoms with Crippen molar-refractivity contribution < 1.29 is 9.53 Å². The number of aryl methyl sites for hydroxylation is 2. The third-order valence-electron chi connectivity index (χ3n) is 5.08. The van der Waals surface area contributed by atoms with E-state index in [2.05, 4.69) is 49.1 Å². The molecule has 142 valence electrons. The van der Waals surface area contributed by atoms with Crippen molar-refractivity contribution in [2.24, 2.45) is 0 Å². The number of amides is 1. The van der Waals surface area contributed by atoms with Crippen LogP contribution in [-0.4, -0.2) is 44.1 Å². The third-order valence-corrected chi connectivity index (χ3v) is 5.08. The minimum Gasteiger partial charge on any atom is -0.497 e. The summed E-state index contributed by atoms with van der Waals surface area (Å²) in [5.41, 5.74) is 4.71. The maximum atomic E-state index is 12.6. The average Bonchev–Trinajstić information content (AvgIpc) is 2.93. The van der Waals surface area contributed by atoms with Crippen LogP contribution < -0.4 is 9.64 Å². The van der Waals surface area contributed by atoms with E-state index >= 15 is 0 Å². The topological polar surface area (TPSA) is 32.8 Å². The molecule has 4 heteroatoms. The quantitative estimate of drug-likeness (QED) is 0.767. The molecule has 3 rings (SSSR count). The Bertz CT molecular complexity index is 812. The molecule has 0 bridgehead atoms. The highest BCUT2D eigenvalue weighted by atomic mass is 16.5. The Morgan fingerprint density at radius 1 is 1.00 bits per heavy atom. The summed E-state index contributed by atoms with van der Waals surface area (Å²) in [6, 6.07) is 14.4. The summed E-state index contributed by atoms with van der Waals surface area (Å²) >= 11 is 0. The Morgan fingerprint density at radius 2 is 1.78 bits per heavy atom. The van der Waals surface area contributed by atoms with Crippen molar-refractivity contribution in [2.75, 3.05) is 38.2 Å². The molecule has 0 atom stereocenters. The van der Waals surface area contributed by atoms with E-state index in [9.17, 15) is 4.79 Å². The third kappa shape index (κ3) is 4.91. The van der Waals surface area contributed by atoms with E-state index in [0.29, 0.717) is 0 Å². The van der Waals surface area contributed by atoms with Gasteiger partial charge in [-0.2, -0.15) is 0 Å². The first-order chi connectivity index (χ1) is 13.1. The molecule has 0 aliphatic carbocycles. The number of hydrogen-bond acceptors (Lipinski definition) is 3. The van der Waals surface area contributed by atoms with Crippen LogP contribution in [0.15, 0.2) is 48.5 Å². The molecule has 0 saturated carbocycles. The minimum absolute atomic E-state index is 0.0894. The second kappa shape index (κ2) is 8.76. The summed E-state index contributed by atoms with van der Waals surface area (Å²) < 4.78 is 5.23. The smallest absolute Gasteiger partial charge is 0.246 e. The van der Waals surface area contributed by atoms with Gasteiger partial charge in [0.2, 0.25) is 5.91 Å². The van der Waals surface area contributed by atoms with Gasteiger partial charge in [-0.25, -0.2) is 0 Å². The molecule has 27 heavy (non-hydrogen) atoms. The Morgan fingerprint density at radius 3 is 2.48 bits per heavy atom. The fraction of sp³-hybridized carbons (Fsp3) is 0.348. The van der Waals surface area contributed by atoms with Gasteiger partial charge in [-0.1, -0.05) is 23.8 Å².